The first-order chi connectivity index (χ1) is 7.18. The number of rotatable bonds is 2. The fourth-order valence-corrected chi connectivity index (χ4v) is 3.48. The molecule has 0 spiro atoms. The number of hydrogen-bond donors (Lipinski definition) is 1. The predicted octanol–water partition coefficient (Wildman–Crippen LogP) is 3.77. The van der Waals surface area contributed by atoms with Gasteiger partial charge in [0.05, 0.1) is 6.10 Å². The average Bonchev–Trinajstić information content (AvgIpc) is 2.59. The smallest absolute Gasteiger partial charge is 0.114 e. The maximum absolute atomic E-state index is 10.1. The van der Waals surface area contributed by atoms with Gasteiger partial charge in [0.2, 0.25) is 0 Å². The van der Waals surface area contributed by atoms with Crippen molar-refractivity contribution in [3.63, 3.8) is 0 Å². The molecule has 15 heavy (non-hydrogen) atoms. The highest BCUT2D eigenvalue weighted by Crippen LogP contribution is 2.37. The van der Waals surface area contributed by atoms with Gasteiger partial charge in [-0.15, -0.1) is 11.3 Å². The van der Waals surface area contributed by atoms with Crippen molar-refractivity contribution in [3.05, 3.63) is 19.8 Å². The molecule has 0 saturated carbocycles. The Morgan fingerprint density at radius 2 is 2.40 bits per heavy atom. The zero-order chi connectivity index (χ0) is 10.8. The molecular weight excluding hydrogens is 300 g/mol. The fourth-order valence-electron chi connectivity index (χ4n) is 1.71. The Kier molecular flexibility index (Phi) is 4.07. The highest BCUT2D eigenvalue weighted by Gasteiger charge is 2.25. The zero-order valence-electron chi connectivity index (χ0n) is 8.08. The van der Waals surface area contributed by atoms with Gasteiger partial charge in [0.15, 0.2) is 0 Å². The summed E-state index contributed by atoms with van der Waals surface area (Å²) in [6, 6.07) is 1.87. The van der Waals surface area contributed by atoms with Gasteiger partial charge < -0.3 is 9.84 Å². The van der Waals surface area contributed by atoms with Gasteiger partial charge in [-0.2, -0.15) is 0 Å². The lowest BCUT2D eigenvalue weighted by Gasteiger charge is -2.26. The maximum atomic E-state index is 10.1. The number of aliphatic hydroxyl groups is 1. The second-order valence-electron chi connectivity index (χ2n) is 3.62. The second kappa shape index (κ2) is 5.15. The molecule has 84 valence electrons. The van der Waals surface area contributed by atoms with Crippen molar-refractivity contribution in [2.45, 2.75) is 31.5 Å². The molecule has 1 aromatic rings. The van der Waals surface area contributed by atoms with Crippen LogP contribution in [0.2, 0.25) is 4.34 Å². The van der Waals surface area contributed by atoms with E-state index in [4.69, 9.17) is 16.3 Å². The molecule has 0 bridgehead atoms. The Bertz CT molecular complexity index is 317. The van der Waals surface area contributed by atoms with E-state index in [0.717, 1.165) is 35.2 Å². The van der Waals surface area contributed by atoms with Crippen molar-refractivity contribution >= 4 is 38.9 Å². The molecule has 5 heteroatoms. The molecule has 0 aromatic carbocycles. The van der Waals surface area contributed by atoms with Crippen molar-refractivity contribution in [2.75, 3.05) is 6.61 Å². The molecular formula is C10H12BrClO2S. The lowest BCUT2D eigenvalue weighted by atomic mass is 10.0. The summed E-state index contributed by atoms with van der Waals surface area (Å²) >= 11 is 10.7. The molecule has 0 aliphatic carbocycles. The largest absolute Gasteiger partial charge is 0.385 e. The topological polar surface area (TPSA) is 29.5 Å². The van der Waals surface area contributed by atoms with Crippen LogP contribution in [0.4, 0.5) is 0 Å². The molecule has 0 radical (unpaired) electrons. The highest BCUT2D eigenvalue weighted by atomic mass is 79.9. The lowest BCUT2D eigenvalue weighted by molar-refractivity contribution is -0.0620. The molecule has 2 heterocycles. The normalized spacial score (nSPS) is 24.1. The van der Waals surface area contributed by atoms with Gasteiger partial charge in [0.25, 0.3) is 0 Å². The first-order valence-corrected chi connectivity index (χ1v) is 6.91. The van der Waals surface area contributed by atoms with Gasteiger partial charge in [-0.1, -0.05) is 11.6 Å². The van der Waals surface area contributed by atoms with Gasteiger partial charge in [-0.05, 0) is 41.3 Å². The van der Waals surface area contributed by atoms with E-state index in [2.05, 4.69) is 15.9 Å². The summed E-state index contributed by atoms with van der Waals surface area (Å²) in [4.78, 5) is 0.874. The van der Waals surface area contributed by atoms with Gasteiger partial charge >= 0.3 is 0 Å². The van der Waals surface area contributed by atoms with Crippen LogP contribution in [0, 0.1) is 0 Å². The highest BCUT2D eigenvalue weighted by molar-refractivity contribution is 9.10. The third-order valence-electron chi connectivity index (χ3n) is 2.52. The molecule has 1 aromatic heterocycles. The van der Waals surface area contributed by atoms with Gasteiger partial charge in [0, 0.05) is 16.0 Å². The van der Waals surface area contributed by atoms with Crippen LogP contribution in [0.25, 0.3) is 0 Å². The summed E-state index contributed by atoms with van der Waals surface area (Å²) in [5, 5.41) is 10.1. The van der Waals surface area contributed by atoms with Crippen LogP contribution in [-0.2, 0) is 4.74 Å². The third kappa shape index (κ3) is 2.74. The summed E-state index contributed by atoms with van der Waals surface area (Å²) in [6.07, 6.45) is 2.54. The zero-order valence-corrected chi connectivity index (χ0v) is 11.2. The molecule has 1 aliphatic heterocycles. The van der Waals surface area contributed by atoms with Crippen molar-refractivity contribution in [2.24, 2.45) is 0 Å². The van der Waals surface area contributed by atoms with E-state index in [9.17, 15) is 5.11 Å². The molecule has 1 aliphatic rings. The molecule has 2 unspecified atom stereocenters. The molecule has 2 rings (SSSR count). The van der Waals surface area contributed by atoms with E-state index in [1.54, 1.807) is 0 Å². The van der Waals surface area contributed by atoms with E-state index in [1.807, 2.05) is 6.07 Å². The van der Waals surface area contributed by atoms with Crippen LogP contribution in [0.5, 0.6) is 0 Å². The van der Waals surface area contributed by atoms with Gasteiger partial charge in [0.1, 0.15) is 10.4 Å². The number of hydrogen-bond acceptors (Lipinski definition) is 3. The Labute approximate surface area is 106 Å². The van der Waals surface area contributed by atoms with E-state index in [0.29, 0.717) is 4.34 Å². The number of thiophene rings is 1. The molecule has 2 nitrogen and oxygen atoms in total. The summed E-state index contributed by atoms with van der Waals surface area (Å²) < 4.78 is 7.07. The van der Waals surface area contributed by atoms with Crippen LogP contribution in [-0.4, -0.2) is 17.8 Å². The summed E-state index contributed by atoms with van der Waals surface area (Å²) in [6.45, 7) is 0.752. The third-order valence-corrected chi connectivity index (χ3v) is 5.07. The molecule has 0 amide bonds. The van der Waals surface area contributed by atoms with Crippen LogP contribution in [0.15, 0.2) is 10.5 Å². The maximum Gasteiger partial charge on any atom is 0.114 e. The summed E-state index contributed by atoms with van der Waals surface area (Å²) in [5.74, 6) is 0. The summed E-state index contributed by atoms with van der Waals surface area (Å²) in [5.41, 5.74) is 0. The Morgan fingerprint density at radius 1 is 1.60 bits per heavy atom. The predicted molar refractivity (Wildman–Crippen MR) is 65.6 cm³/mol. The second-order valence-corrected chi connectivity index (χ2v) is 6.16. The molecule has 1 N–H and O–H groups in total. The molecule has 1 saturated heterocycles. The average molecular weight is 312 g/mol. The summed E-state index contributed by atoms with van der Waals surface area (Å²) in [7, 11) is 0. The minimum absolute atomic E-state index is 0.0691. The standard InChI is InChI=1S/C10H12BrClO2S/c11-6-5-8(15-10(6)12)9(13)7-3-1-2-4-14-7/h5,7,9,13H,1-4H2. The van der Waals surface area contributed by atoms with Crippen LogP contribution < -0.4 is 0 Å². The number of halogens is 2. The van der Waals surface area contributed by atoms with E-state index < -0.39 is 6.10 Å². The quantitative estimate of drug-likeness (QED) is 0.901. The first kappa shape index (κ1) is 11.9. The number of aliphatic hydroxyl groups excluding tert-OH is 1. The monoisotopic (exact) mass is 310 g/mol. The number of ether oxygens (including phenoxy) is 1. The molecule has 2 atom stereocenters. The van der Waals surface area contributed by atoms with Crippen LogP contribution >= 0.6 is 38.9 Å². The van der Waals surface area contributed by atoms with Gasteiger partial charge in [-0.25, -0.2) is 0 Å². The van der Waals surface area contributed by atoms with Crippen LogP contribution in [0.3, 0.4) is 0 Å². The minimum atomic E-state index is -0.543. The van der Waals surface area contributed by atoms with Crippen molar-refractivity contribution < 1.29 is 9.84 Å². The molecule has 1 fully saturated rings. The van der Waals surface area contributed by atoms with Crippen LogP contribution in [0.1, 0.15) is 30.2 Å². The SMILES string of the molecule is OC(c1cc(Br)c(Cl)s1)C1CCCCO1. The first-order valence-electron chi connectivity index (χ1n) is 4.93. The Morgan fingerprint density at radius 3 is 2.93 bits per heavy atom. The van der Waals surface area contributed by atoms with Crippen molar-refractivity contribution in [3.8, 4) is 0 Å². The Balaban J connectivity index is 2.08. The van der Waals surface area contributed by atoms with Gasteiger partial charge in [-0.3, -0.25) is 0 Å². The van der Waals surface area contributed by atoms with E-state index >= 15 is 0 Å². The van der Waals surface area contributed by atoms with E-state index in [1.165, 1.54) is 11.3 Å². The lowest BCUT2D eigenvalue weighted by Crippen LogP contribution is -2.25. The van der Waals surface area contributed by atoms with E-state index in [-0.39, 0.29) is 6.10 Å². The van der Waals surface area contributed by atoms with Crippen molar-refractivity contribution in [1.29, 1.82) is 0 Å². The van der Waals surface area contributed by atoms with Crippen molar-refractivity contribution in [1.82, 2.24) is 0 Å². The fraction of sp³-hybridized carbons (Fsp3) is 0.600. The minimum Gasteiger partial charge on any atom is -0.385 e. The Hall–Kier alpha value is 0.390.